The molecule has 1 saturated heterocycles. The van der Waals surface area contributed by atoms with Gasteiger partial charge in [-0.05, 0) is 59.5 Å². The molecule has 104 valence electrons. The first-order valence-electron chi connectivity index (χ1n) is 6.66. The van der Waals surface area contributed by atoms with Gasteiger partial charge in [-0.2, -0.15) is 0 Å². The van der Waals surface area contributed by atoms with E-state index in [9.17, 15) is 0 Å². The average molecular weight is 262 g/mol. The molecular formula is C14H23BN2O2. The quantitative estimate of drug-likeness (QED) is 0.772. The number of pyridine rings is 1. The molecule has 0 spiro atoms. The van der Waals surface area contributed by atoms with Gasteiger partial charge in [-0.3, -0.25) is 4.98 Å². The molecule has 4 nitrogen and oxygen atoms in total. The minimum atomic E-state index is -0.382. The lowest BCUT2D eigenvalue weighted by molar-refractivity contribution is 0.00578. The van der Waals surface area contributed by atoms with Gasteiger partial charge in [-0.15, -0.1) is 0 Å². The van der Waals surface area contributed by atoms with Crippen LogP contribution >= 0.6 is 0 Å². The zero-order chi connectivity index (χ0) is 14.3. The van der Waals surface area contributed by atoms with Crippen LogP contribution in [0.5, 0.6) is 0 Å². The number of hydrogen-bond acceptors (Lipinski definition) is 4. The number of hydrogen-bond donors (Lipinski definition) is 0. The summed E-state index contributed by atoms with van der Waals surface area (Å²) < 4.78 is 12.0. The largest absolute Gasteiger partial charge is 0.514 e. The van der Waals surface area contributed by atoms with Gasteiger partial charge in [0.1, 0.15) is 0 Å². The van der Waals surface area contributed by atoms with Crippen molar-refractivity contribution in [3.63, 3.8) is 0 Å². The van der Waals surface area contributed by atoms with Crippen LogP contribution in [0, 0.1) is 0 Å². The second kappa shape index (κ2) is 4.89. The first-order chi connectivity index (χ1) is 8.71. The fourth-order valence-electron chi connectivity index (χ4n) is 2.05. The van der Waals surface area contributed by atoms with Crippen molar-refractivity contribution < 1.29 is 9.31 Å². The fraction of sp³-hybridized carbons (Fsp3) is 0.643. The van der Waals surface area contributed by atoms with Gasteiger partial charge in [-0.25, -0.2) is 0 Å². The van der Waals surface area contributed by atoms with E-state index in [1.807, 2.05) is 12.3 Å². The van der Waals surface area contributed by atoms with Crippen LogP contribution in [0.25, 0.3) is 0 Å². The third kappa shape index (κ3) is 2.99. The van der Waals surface area contributed by atoms with Crippen LogP contribution in [0.2, 0.25) is 0 Å². The zero-order valence-corrected chi connectivity index (χ0v) is 12.7. The molecule has 0 amide bonds. The van der Waals surface area contributed by atoms with E-state index >= 15 is 0 Å². The summed E-state index contributed by atoms with van der Waals surface area (Å²) in [6, 6.07) is 4.08. The normalized spacial score (nSPS) is 21.1. The summed E-state index contributed by atoms with van der Waals surface area (Å²) >= 11 is 0. The second-order valence-corrected chi connectivity index (χ2v) is 6.41. The van der Waals surface area contributed by atoms with Crippen molar-refractivity contribution >= 4 is 12.7 Å². The minimum absolute atomic E-state index is 0.323. The van der Waals surface area contributed by atoms with Crippen LogP contribution in [-0.4, -0.2) is 42.3 Å². The molecule has 19 heavy (non-hydrogen) atoms. The third-order valence-electron chi connectivity index (χ3n) is 3.84. The summed E-state index contributed by atoms with van der Waals surface area (Å²) in [5, 5.41) is 0. The molecule has 0 aromatic carbocycles. The molecule has 2 rings (SSSR count). The minimum Gasteiger partial charge on any atom is -0.398 e. The monoisotopic (exact) mass is 262 g/mol. The molecule has 0 N–H and O–H groups in total. The van der Waals surface area contributed by atoms with E-state index in [1.54, 1.807) is 0 Å². The molecule has 0 unspecified atom stereocenters. The highest BCUT2D eigenvalue weighted by molar-refractivity contribution is 6.61. The summed E-state index contributed by atoms with van der Waals surface area (Å²) in [5.41, 5.74) is 1.41. The Morgan fingerprint density at radius 3 is 2.26 bits per heavy atom. The van der Waals surface area contributed by atoms with Crippen molar-refractivity contribution in [1.82, 2.24) is 9.88 Å². The van der Waals surface area contributed by atoms with Crippen LogP contribution in [-0.2, 0) is 15.9 Å². The van der Waals surface area contributed by atoms with Crippen molar-refractivity contribution in [2.45, 2.75) is 45.4 Å². The van der Waals surface area contributed by atoms with Gasteiger partial charge in [0.15, 0.2) is 0 Å². The van der Waals surface area contributed by atoms with Gasteiger partial charge in [0, 0.05) is 12.7 Å². The summed E-state index contributed by atoms with van der Waals surface area (Å²) in [6.45, 7) is 9.09. The maximum atomic E-state index is 6.01. The van der Waals surface area contributed by atoms with Gasteiger partial charge < -0.3 is 14.2 Å². The van der Waals surface area contributed by atoms with Gasteiger partial charge in [0.05, 0.1) is 16.8 Å². The summed E-state index contributed by atoms with van der Waals surface area (Å²) in [5.74, 6) is 0. The molecule has 0 atom stereocenters. The number of aromatic nitrogens is 1. The molecule has 0 bridgehead atoms. The highest BCUT2D eigenvalue weighted by Crippen LogP contribution is 2.36. The Bertz CT molecular complexity index is 445. The molecular weight excluding hydrogens is 239 g/mol. The molecule has 1 aromatic rings. The Balaban J connectivity index is 2.20. The first-order valence-corrected chi connectivity index (χ1v) is 6.66. The summed E-state index contributed by atoms with van der Waals surface area (Å²) in [4.78, 5) is 6.52. The van der Waals surface area contributed by atoms with Gasteiger partial charge in [0.25, 0.3) is 0 Å². The Hall–Kier alpha value is -0.905. The van der Waals surface area contributed by atoms with Gasteiger partial charge in [-0.1, -0.05) is 0 Å². The fourth-order valence-corrected chi connectivity index (χ4v) is 2.05. The lowest BCUT2D eigenvalue weighted by Crippen LogP contribution is -2.41. The maximum absolute atomic E-state index is 6.01. The maximum Gasteiger partial charge on any atom is 0.514 e. The Labute approximate surface area is 116 Å². The molecule has 2 heterocycles. The molecule has 1 aliphatic rings. The van der Waals surface area contributed by atoms with E-state index in [0.717, 1.165) is 12.1 Å². The average Bonchev–Trinajstić information content (AvgIpc) is 2.47. The van der Waals surface area contributed by atoms with Crippen LogP contribution in [0.15, 0.2) is 18.3 Å². The second-order valence-electron chi connectivity index (χ2n) is 6.41. The first kappa shape index (κ1) is 14.5. The molecule has 1 fully saturated rings. The highest BCUT2D eigenvalue weighted by atomic mass is 16.7. The lowest BCUT2D eigenvalue weighted by Gasteiger charge is -2.32. The van der Waals surface area contributed by atoms with E-state index in [-0.39, 0.29) is 18.3 Å². The topological polar surface area (TPSA) is 34.6 Å². The van der Waals surface area contributed by atoms with Crippen LogP contribution < -0.4 is 5.59 Å². The van der Waals surface area contributed by atoms with Crippen LogP contribution in [0.1, 0.15) is 33.3 Å². The zero-order valence-electron chi connectivity index (χ0n) is 12.7. The van der Waals surface area contributed by atoms with E-state index < -0.39 is 0 Å². The standard InChI is InChI=1S/C14H23BN2O2/c1-13(2)14(3,4)19-15(18-13)12-9-11(7-8-16-12)10-17(5)6/h7-9H,10H2,1-6H3. The molecule has 0 aliphatic carbocycles. The van der Waals surface area contributed by atoms with Crippen LogP contribution in [0.3, 0.4) is 0 Å². The molecule has 1 aromatic heterocycles. The summed E-state index contributed by atoms with van der Waals surface area (Å²) in [6.07, 6.45) is 1.82. The Kier molecular flexibility index (Phi) is 3.73. The third-order valence-corrected chi connectivity index (χ3v) is 3.84. The molecule has 0 radical (unpaired) electrons. The van der Waals surface area contributed by atoms with Gasteiger partial charge in [0.2, 0.25) is 0 Å². The Morgan fingerprint density at radius 2 is 1.74 bits per heavy atom. The van der Waals surface area contributed by atoms with E-state index in [2.05, 4.69) is 57.7 Å². The Morgan fingerprint density at radius 1 is 1.16 bits per heavy atom. The van der Waals surface area contributed by atoms with Crippen molar-refractivity contribution in [1.29, 1.82) is 0 Å². The highest BCUT2D eigenvalue weighted by Gasteiger charge is 2.52. The van der Waals surface area contributed by atoms with Crippen molar-refractivity contribution in [2.75, 3.05) is 14.1 Å². The van der Waals surface area contributed by atoms with E-state index in [4.69, 9.17) is 9.31 Å². The predicted octanol–water partition coefficient (Wildman–Crippen LogP) is 1.44. The molecule has 0 saturated carbocycles. The van der Waals surface area contributed by atoms with Crippen LogP contribution in [0.4, 0.5) is 0 Å². The van der Waals surface area contributed by atoms with E-state index in [0.29, 0.717) is 0 Å². The SMILES string of the molecule is CN(C)Cc1ccnc(B2OC(C)(C)C(C)(C)O2)c1. The predicted molar refractivity (Wildman–Crippen MR) is 77.3 cm³/mol. The van der Waals surface area contributed by atoms with E-state index in [1.165, 1.54) is 5.56 Å². The van der Waals surface area contributed by atoms with Crippen molar-refractivity contribution in [3.05, 3.63) is 23.9 Å². The van der Waals surface area contributed by atoms with Crippen molar-refractivity contribution in [3.8, 4) is 0 Å². The number of rotatable bonds is 3. The summed E-state index contributed by atoms with van der Waals surface area (Å²) in [7, 11) is 3.72. The smallest absolute Gasteiger partial charge is 0.398 e. The molecule has 5 heteroatoms. The molecule has 1 aliphatic heterocycles. The number of nitrogens with zero attached hydrogens (tertiary/aromatic N) is 2. The van der Waals surface area contributed by atoms with Gasteiger partial charge >= 0.3 is 7.12 Å². The van der Waals surface area contributed by atoms with Crippen molar-refractivity contribution in [2.24, 2.45) is 0 Å². The lowest BCUT2D eigenvalue weighted by atomic mass is 9.83.